The Morgan fingerprint density at radius 1 is 1.07 bits per heavy atom. The second-order valence-corrected chi connectivity index (χ2v) is 6.78. The summed E-state index contributed by atoms with van der Waals surface area (Å²) in [5.74, 6) is 0.0378. The fraction of sp³-hybridized carbons (Fsp3) is 0.304. The number of nitrogens with zero attached hydrogens (tertiary/aromatic N) is 1. The van der Waals surface area contributed by atoms with Crippen LogP contribution in [0.3, 0.4) is 0 Å². The van der Waals surface area contributed by atoms with Crippen molar-refractivity contribution in [1.29, 1.82) is 0 Å². The number of carboxylic acid groups (broad SMARTS) is 1. The number of rotatable bonds is 8. The van der Waals surface area contributed by atoms with Gasteiger partial charge in [-0.25, -0.2) is 4.98 Å². The molecule has 146 valence electrons. The molecule has 0 spiro atoms. The molecule has 5 heteroatoms. The minimum absolute atomic E-state index is 0.127. The van der Waals surface area contributed by atoms with Crippen molar-refractivity contribution in [3.63, 3.8) is 0 Å². The topological polar surface area (TPSA) is 71.5 Å². The van der Waals surface area contributed by atoms with E-state index in [1.54, 1.807) is 13.2 Å². The average Bonchev–Trinajstić information content (AvgIpc) is 2.70. The van der Waals surface area contributed by atoms with Crippen LogP contribution in [0.5, 0.6) is 11.5 Å². The van der Waals surface area contributed by atoms with Crippen LogP contribution in [-0.4, -0.2) is 24.7 Å². The number of hydrogen-bond acceptors (Lipinski definition) is 5. The number of pyridine rings is 1. The highest BCUT2D eigenvalue weighted by Crippen LogP contribution is 2.33. The third-order valence-corrected chi connectivity index (χ3v) is 4.65. The summed E-state index contributed by atoms with van der Waals surface area (Å²) in [6.45, 7) is 4.69. The number of aromatic carboxylic acids is 1. The molecule has 5 nitrogen and oxygen atoms in total. The maximum atomic E-state index is 11.7. The molecule has 2 aromatic carbocycles. The monoisotopic (exact) mass is 378 g/mol. The van der Waals surface area contributed by atoms with Gasteiger partial charge in [-0.05, 0) is 49.7 Å². The van der Waals surface area contributed by atoms with Crippen LogP contribution in [0.1, 0.15) is 42.1 Å². The molecule has 0 aliphatic heterocycles. The molecule has 0 amide bonds. The van der Waals surface area contributed by atoms with E-state index in [9.17, 15) is 9.90 Å². The Morgan fingerprint density at radius 3 is 2.61 bits per heavy atom. The summed E-state index contributed by atoms with van der Waals surface area (Å²) in [5, 5.41) is 12.3. The zero-order chi connectivity index (χ0) is 20.1. The van der Waals surface area contributed by atoms with Crippen molar-refractivity contribution in [3.05, 3.63) is 53.6 Å². The van der Waals surface area contributed by atoms with Gasteiger partial charge in [-0.3, -0.25) is 0 Å². The lowest BCUT2D eigenvalue weighted by Gasteiger charge is -2.14. The summed E-state index contributed by atoms with van der Waals surface area (Å²) < 4.78 is 11.3. The lowest BCUT2D eigenvalue weighted by Crippen LogP contribution is -2.22. The number of hydrogen-bond donors (Lipinski definition) is 0. The van der Waals surface area contributed by atoms with E-state index in [2.05, 4.69) is 11.9 Å². The normalized spacial score (nSPS) is 10.8. The summed E-state index contributed by atoms with van der Waals surface area (Å²) in [6, 6.07) is 12.6. The Bertz CT molecular complexity index is 997. The van der Waals surface area contributed by atoms with Gasteiger partial charge in [-0.1, -0.05) is 31.4 Å². The fourth-order valence-electron chi connectivity index (χ4n) is 3.14. The van der Waals surface area contributed by atoms with Gasteiger partial charge in [-0.15, -0.1) is 0 Å². The molecular formula is C23H24NO4-. The van der Waals surface area contributed by atoms with Crippen LogP contribution in [0.15, 0.2) is 42.5 Å². The summed E-state index contributed by atoms with van der Waals surface area (Å²) in [4.78, 5) is 16.3. The van der Waals surface area contributed by atoms with E-state index in [4.69, 9.17) is 9.47 Å². The number of carboxylic acids is 1. The number of ether oxygens (including phenoxy) is 2. The highest BCUT2D eigenvalue weighted by molar-refractivity contribution is 6.03. The minimum atomic E-state index is -1.22. The number of aromatic nitrogens is 1. The lowest BCUT2D eigenvalue weighted by atomic mass is 10.0. The Kier molecular flexibility index (Phi) is 6.14. The predicted molar refractivity (Wildman–Crippen MR) is 108 cm³/mol. The van der Waals surface area contributed by atoms with Crippen LogP contribution in [0.2, 0.25) is 0 Å². The van der Waals surface area contributed by atoms with Crippen LogP contribution in [-0.2, 0) is 0 Å². The molecule has 1 heterocycles. The first-order valence-corrected chi connectivity index (χ1v) is 9.47. The standard InChI is InChI=1S/C23H25NO4/c1-4-5-6-11-28-21-10-8-16(13-22(21)27-3)20-14-18(23(25)26)17-12-15(2)7-9-19(17)24-20/h7-10,12-14H,4-6,11H2,1-3H3,(H,25,26)/p-1. The average molecular weight is 378 g/mol. The molecule has 3 rings (SSSR count). The maximum Gasteiger partial charge on any atom is 0.161 e. The van der Waals surface area contributed by atoms with Crippen LogP contribution in [0.25, 0.3) is 22.2 Å². The molecule has 0 radical (unpaired) electrons. The molecular weight excluding hydrogens is 354 g/mol. The van der Waals surface area contributed by atoms with Gasteiger partial charge in [-0.2, -0.15) is 0 Å². The van der Waals surface area contributed by atoms with Gasteiger partial charge in [0.15, 0.2) is 11.5 Å². The summed E-state index contributed by atoms with van der Waals surface area (Å²) in [7, 11) is 1.58. The van der Waals surface area contributed by atoms with Gasteiger partial charge < -0.3 is 19.4 Å². The van der Waals surface area contributed by atoms with E-state index in [0.29, 0.717) is 34.7 Å². The summed E-state index contributed by atoms with van der Waals surface area (Å²) in [6.07, 6.45) is 3.24. The SMILES string of the molecule is CCCCCOc1ccc(-c2cc(C(=O)[O-])c3cc(C)ccc3n2)cc1OC. The molecule has 0 aliphatic rings. The zero-order valence-corrected chi connectivity index (χ0v) is 16.5. The van der Waals surface area contributed by atoms with E-state index in [1.165, 1.54) is 0 Å². The van der Waals surface area contributed by atoms with Crippen LogP contribution in [0, 0.1) is 6.92 Å². The molecule has 3 aromatic rings. The first-order chi connectivity index (χ1) is 13.5. The van der Waals surface area contributed by atoms with Gasteiger partial charge in [0.25, 0.3) is 0 Å². The highest BCUT2D eigenvalue weighted by Gasteiger charge is 2.12. The number of benzene rings is 2. The number of carbonyl (C=O) groups is 1. The lowest BCUT2D eigenvalue weighted by molar-refractivity contribution is -0.254. The Labute approximate surface area is 164 Å². The zero-order valence-electron chi connectivity index (χ0n) is 16.5. The molecule has 0 saturated carbocycles. The van der Waals surface area contributed by atoms with Gasteiger partial charge in [0, 0.05) is 16.5 Å². The van der Waals surface area contributed by atoms with E-state index in [1.807, 2.05) is 43.3 Å². The second kappa shape index (κ2) is 8.74. The van der Waals surface area contributed by atoms with Crippen molar-refractivity contribution >= 4 is 16.9 Å². The molecule has 0 fully saturated rings. The Morgan fingerprint density at radius 2 is 1.89 bits per heavy atom. The summed E-state index contributed by atoms with van der Waals surface area (Å²) in [5.41, 5.74) is 3.01. The molecule has 0 bridgehead atoms. The van der Waals surface area contributed by atoms with E-state index >= 15 is 0 Å². The molecule has 0 aliphatic carbocycles. The fourth-order valence-corrected chi connectivity index (χ4v) is 3.14. The van der Waals surface area contributed by atoms with Crippen molar-refractivity contribution in [1.82, 2.24) is 4.98 Å². The quantitative estimate of drug-likeness (QED) is 0.551. The number of carbonyl (C=O) groups excluding carboxylic acids is 1. The van der Waals surface area contributed by atoms with Crippen LogP contribution < -0.4 is 14.6 Å². The van der Waals surface area contributed by atoms with Crippen molar-refractivity contribution in [2.75, 3.05) is 13.7 Å². The van der Waals surface area contributed by atoms with Gasteiger partial charge in [0.2, 0.25) is 0 Å². The van der Waals surface area contributed by atoms with Gasteiger partial charge in [0.05, 0.1) is 30.9 Å². The van der Waals surface area contributed by atoms with Crippen molar-refractivity contribution in [2.45, 2.75) is 33.1 Å². The van der Waals surface area contributed by atoms with Gasteiger partial charge >= 0.3 is 0 Å². The van der Waals surface area contributed by atoms with Gasteiger partial charge in [0.1, 0.15) is 0 Å². The number of unbranched alkanes of at least 4 members (excludes halogenated alkanes) is 2. The van der Waals surface area contributed by atoms with Crippen LogP contribution >= 0.6 is 0 Å². The molecule has 0 saturated heterocycles. The van der Waals surface area contributed by atoms with E-state index in [0.717, 1.165) is 30.4 Å². The van der Waals surface area contributed by atoms with Crippen molar-refractivity contribution < 1.29 is 19.4 Å². The number of aryl methyl sites for hydroxylation is 1. The smallest absolute Gasteiger partial charge is 0.161 e. The second-order valence-electron chi connectivity index (χ2n) is 6.78. The van der Waals surface area contributed by atoms with Crippen molar-refractivity contribution in [2.24, 2.45) is 0 Å². The largest absolute Gasteiger partial charge is 0.545 e. The number of methoxy groups -OCH3 is 1. The first kappa shape index (κ1) is 19.7. The third-order valence-electron chi connectivity index (χ3n) is 4.65. The van der Waals surface area contributed by atoms with E-state index < -0.39 is 5.97 Å². The van der Waals surface area contributed by atoms with Crippen molar-refractivity contribution in [3.8, 4) is 22.8 Å². The van der Waals surface area contributed by atoms with Crippen LogP contribution in [0.4, 0.5) is 0 Å². The number of fused-ring (bicyclic) bond motifs is 1. The third kappa shape index (κ3) is 4.25. The maximum absolute atomic E-state index is 11.7. The molecule has 0 unspecified atom stereocenters. The molecule has 28 heavy (non-hydrogen) atoms. The Hall–Kier alpha value is -3.08. The van der Waals surface area contributed by atoms with E-state index in [-0.39, 0.29) is 5.56 Å². The molecule has 1 aromatic heterocycles. The highest BCUT2D eigenvalue weighted by atomic mass is 16.5. The summed E-state index contributed by atoms with van der Waals surface area (Å²) >= 11 is 0. The predicted octanol–water partition coefficient (Wildman–Crippen LogP) is 4.15. The molecule has 0 atom stereocenters. The Balaban J connectivity index is 1.99. The minimum Gasteiger partial charge on any atom is -0.545 e. The molecule has 0 N–H and O–H groups in total. The first-order valence-electron chi connectivity index (χ1n) is 9.47.